The zero-order valence-electron chi connectivity index (χ0n) is 30.8. The molecule has 0 radical (unpaired) electrons. The van der Waals surface area contributed by atoms with Crippen molar-refractivity contribution in [3.8, 4) is 39.4 Å². The first-order valence-electron chi connectivity index (χ1n) is 18.8. The standard InChI is InChI=1S/C49H29F3N2O4S/c50-49(51,52)59(55,56)58-48-39(30-23-25-36-34-17-7-10-20-40(34)53(42(36)27-30)32-13-3-1-4-14-32)29-45-47(38-19-9-12-22-44(38)57-45)46(48)31-24-26-37-35-18-8-11-21-41(35)54(43(37)28-31)33-15-5-2-6-16-33/h1-29H. The summed E-state index contributed by atoms with van der Waals surface area (Å²) in [6.07, 6.45) is 0. The van der Waals surface area contributed by atoms with Crippen LogP contribution in [0.3, 0.4) is 0 Å². The lowest BCUT2D eigenvalue weighted by Gasteiger charge is -2.19. The van der Waals surface area contributed by atoms with Crippen molar-refractivity contribution in [2.75, 3.05) is 0 Å². The Morgan fingerprint density at radius 3 is 1.53 bits per heavy atom. The summed E-state index contributed by atoms with van der Waals surface area (Å²) in [5.41, 5.74) is 1.35. The average Bonchev–Trinajstić information content (AvgIpc) is 3.90. The molecule has 3 heterocycles. The summed E-state index contributed by atoms with van der Waals surface area (Å²) in [4.78, 5) is 0. The molecular weight excluding hydrogens is 770 g/mol. The van der Waals surface area contributed by atoms with Crippen LogP contribution in [0.25, 0.3) is 99.2 Å². The van der Waals surface area contributed by atoms with Crippen LogP contribution in [-0.4, -0.2) is 23.1 Å². The summed E-state index contributed by atoms with van der Waals surface area (Å²) >= 11 is 0. The summed E-state index contributed by atoms with van der Waals surface area (Å²) < 4.78 is 86.1. The van der Waals surface area contributed by atoms with Gasteiger partial charge >= 0.3 is 15.6 Å². The Balaban J connectivity index is 1.28. The number of furan rings is 1. The Hall–Kier alpha value is -7.30. The van der Waals surface area contributed by atoms with Crippen LogP contribution in [0.15, 0.2) is 180 Å². The monoisotopic (exact) mass is 798 g/mol. The summed E-state index contributed by atoms with van der Waals surface area (Å²) in [6, 6.07) is 55.3. The molecule has 0 fully saturated rings. The van der Waals surface area contributed by atoms with Crippen LogP contribution in [0.4, 0.5) is 13.2 Å². The molecule has 0 N–H and O–H groups in total. The van der Waals surface area contributed by atoms with Gasteiger partial charge < -0.3 is 17.7 Å². The molecule has 0 saturated heterocycles. The second kappa shape index (κ2) is 12.9. The van der Waals surface area contributed by atoms with E-state index in [1.807, 2.05) is 133 Å². The number of nitrogens with zero attached hydrogens (tertiary/aromatic N) is 2. The van der Waals surface area contributed by atoms with Crippen molar-refractivity contribution in [3.05, 3.63) is 176 Å². The molecule has 10 heteroatoms. The summed E-state index contributed by atoms with van der Waals surface area (Å²) in [5.74, 6) is -0.468. The maximum atomic E-state index is 14.5. The summed E-state index contributed by atoms with van der Waals surface area (Å²) in [6.45, 7) is 0. The molecule has 11 aromatic rings. The van der Waals surface area contributed by atoms with E-state index in [-0.39, 0.29) is 11.1 Å². The lowest BCUT2D eigenvalue weighted by molar-refractivity contribution is -0.0499. The molecule has 0 spiro atoms. The van der Waals surface area contributed by atoms with Crippen molar-refractivity contribution in [2.24, 2.45) is 0 Å². The van der Waals surface area contributed by atoms with E-state index in [1.165, 1.54) is 0 Å². The van der Waals surface area contributed by atoms with E-state index >= 15 is 0 Å². The highest BCUT2D eigenvalue weighted by atomic mass is 32.2. The predicted molar refractivity (Wildman–Crippen MR) is 229 cm³/mol. The van der Waals surface area contributed by atoms with Crippen LogP contribution >= 0.6 is 0 Å². The molecule has 11 rings (SSSR count). The fourth-order valence-electron chi connectivity index (χ4n) is 8.58. The van der Waals surface area contributed by atoms with Gasteiger partial charge in [-0.15, -0.1) is 0 Å². The fraction of sp³-hybridized carbons (Fsp3) is 0.0204. The van der Waals surface area contributed by atoms with E-state index in [2.05, 4.69) is 9.13 Å². The quantitative estimate of drug-likeness (QED) is 0.124. The molecule has 3 aromatic heterocycles. The highest BCUT2D eigenvalue weighted by Gasteiger charge is 2.49. The first-order valence-corrected chi connectivity index (χ1v) is 20.2. The molecule has 6 nitrogen and oxygen atoms in total. The van der Waals surface area contributed by atoms with Gasteiger partial charge in [0.2, 0.25) is 0 Å². The number of halogens is 3. The number of fused-ring (bicyclic) bond motifs is 9. The SMILES string of the molecule is O=S(=O)(Oc1c(-c2ccc3c4ccccc4n(-c4ccccc4)c3c2)cc2oc3ccccc3c2c1-c1ccc2c3ccccc3n(-c3ccccc3)c2c1)C(F)(F)F. The van der Waals surface area contributed by atoms with Gasteiger partial charge in [-0.2, -0.15) is 21.6 Å². The Bertz CT molecular complexity index is 3590. The zero-order valence-corrected chi connectivity index (χ0v) is 31.6. The van der Waals surface area contributed by atoms with E-state index in [0.717, 1.165) is 55.0 Å². The minimum atomic E-state index is -6.19. The first-order chi connectivity index (χ1) is 28.7. The number of aromatic nitrogens is 2. The Morgan fingerprint density at radius 2 is 0.949 bits per heavy atom. The highest BCUT2D eigenvalue weighted by Crippen LogP contribution is 2.50. The maximum absolute atomic E-state index is 14.5. The molecule has 59 heavy (non-hydrogen) atoms. The molecule has 0 aliphatic heterocycles. The van der Waals surface area contributed by atoms with E-state index < -0.39 is 21.4 Å². The number of para-hydroxylation sites is 5. The molecule has 0 bridgehead atoms. The van der Waals surface area contributed by atoms with Crippen LogP contribution in [-0.2, 0) is 10.1 Å². The third-order valence-corrected chi connectivity index (χ3v) is 12.0. The molecule has 286 valence electrons. The minimum Gasteiger partial charge on any atom is -0.456 e. The number of rotatable bonds is 6. The van der Waals surface area contributed by atoms with Crippen LogP contribution in [0, 0.1) is 0 Å². The van der Waals surface area contributed by atoms with Crippen LogP contribution < -0.4 is 4.18 Å². The van der Waals surface area contributed by atoms with E-state index in [4.69, 9.17) is 8.60 Å². The Labute approximate surface area is 334 Å². The van der Waals surface area contributed by atoms with E-state index in [9.17, 15) is 21.6 Å². The van der Waals surface area contributed by atoms with Crippen LogP contribution in [0.2, 0.25) is 0 Å². The molecule has 0 atom stereocenters. The Morgan fingerprint density at radius 1 is 0.475 bits per heavy atom. The summed E-state index contributed by atoms with van der Waals surface area (Å²) in [5, 5.41) is 4.76. The lowest BCUT2D eigenvalue weighted by Crippen LogP contribution is -2.28. The van der Waals surface area contributed by atoms with Gasteiger partial charge in [0.1, 0.15) is 11.2 Å². The molecule has 0 unspecified atom stereocenters. The second-order valence-electron chi connectivity index (χ2n) is 14.4. The number of hydrogen-bond donors (Lipinski definition) is 0. The van der Waals surface area contributed by atoms with Crippen molar-refractivity contribution >= 4 is 75.7 Å². The van der Waals surface area contributed by atoms with Crippen LogP contribution in [0.1, 0.15) is 0 Å². The van der Waals surface area contributed by atoms with Gasteiger partial charge in [0.15, 0.2) is 5.75 Å². The van der Waals surface area contributed by atoms with Crippen molar-refractivity contribution < 1.29 is 30.2 Å². The maximum Gasteiger partial charge on any atom is 0.534 e. The zero-order chi connectivity index (χ0) is 40.0. The second-order valence-corrected chi connectivity index (χ2v) is 16.0. The van der Waals surface area contributed by atoms with E-state index in [0.29, 0.717) is 33.1 Å². The van der Waals surface area contributed by atoms with Gasteiger partial charge in [0.25, 0.3) is 0 Å². The van der Waals surface area contributed by atoms with Gasteiger partial charge in [0.05, 0.1) is 22.1 Å². The largest absolute Gasteiger partial charge is 0.534 e. The molecular formula is C49H29F3N2O4S. The van der Waals surface area contributed by atoms with Gasteiger partial charge in [-0.05, 0) is 71.8 Å². The van der Waals surface area contributed by atoms with Crippen molar-refractivity contribution in [1.29, 1.82) is 0 Å². The number of hydrogen-bond acceptors (Lipinski definition) is 4. The third-order valence-electron chi connectivity index (χ3n) is 11.1. The Kier molecular flexibility index (Phi) is 7.61. The number of alkyl halides is 3. The van der Waals surface area contributed by atoms with Gasteiger partial charge in [-0.1, -0.05) is 115 Å². The van der Waals surface area contributed by atoms with Gasteiger partial charge in [-0.3, -0.25) is 0 Å². The predicted octanol–water partition coefficient (Wildman–Crippen LogP) is 13.3. The fourth-order valence-corrected chi connectivity index (χ4v) is 9.06. The van der Waals surface area contributed by atoms with E-state index in [1.54, 1.807) is 42.5 Å². The molecule has 8 aromatic carbocycles. The van der Waals surface area contributed by atoms with Crippen molar-refractivity contribution in [1.82, 2.24) is 9.13 Å². The lowest BCUT2D eigenvalue weighted by atomic mass is 9.92. The highest BCUT2D eigenvalue weighted by molar-refractivity contribution is 7.88. The van der Waals surface area contributed by atoms with Crippen LogP contribution in [0.5, 0.6) is 5.75 Å². The molecule has 0 amide bonds. The molecule has 0 aliphatic carbocycles. The van der Waals surface area contributed by atoms with Crippen molar-refractivity contribution in [2.45, 2.75) is 5.51 Å². The normalized spacial score (nSPS) is 12.5. The smallest absolute Gasteiger partial charge is 0.456 e. The topological polar surface area (TPSA) is 66.4 Å². The minimum absolute atomic E-state index is 0.106. The first kappa shape index (κ1) is 34.9. The third kappa shape index (κ3) is 5.37. The molecule has 0 saturated carbocycles. The van der Waals surface area contributed by atoms with Gasteiger partial charge in [-0.25, -0.2) is 0 Å². The van der Waals surface area contributed by atoms with Gasteiger partial charge in [0, 0.05) is 54.8 Å². The average molecular weight is 799 g/mol. The van der Waals surface area contributed by atoms with Crippen molar-refractivity contribution in [3.63, 3.8) is 0 Å². The molecule has 0 aliphatic rings. The number of benzene rings is 8. The summed E-state index contributed by atoms with van der Waals surface area (Å²) in [7, 11) is -6.19.